The maximum atomic E-state index is 12.2. The van der Waals surface area contributed by atoms with Crippen molar-refractivity contribution in [2.24, 2.45) is 0 Å². The van der Waals surface area contributed by atoms with Gasteiger partial charge in [0.05, 0.1) is 0 Å². The van der Waals surface area contributed by atoms with Crippen molar-refractivity contribution in [3.8, 4) is 5.88 Å². The molecule has 0 saturated heterocycles. The quantitative estimate of drug-likeness (QED) is 0.722. The van der Waals surface area contributed by atoms with Crippen molar-refractivity contribution in [2.45, 2.75) is 26.8 Å². The number of hydrogen-bond acceptors (Lipinski definition) is 5. The minimum absolute atomic E-state index is 0.105. The summed E-state index contributed by atoms with van der Waals surface area (Å²) in [6, 6.07) is 17.8. The number of fused-ring (bicyclic) bond motifs is 1. The van der Waals surface area contributed by atoms with Crippen LogP contribution in [0.5, 0.6) is 5.88 Å². The van der Waals surface area contributed by atoms with Crippen LogP contribution in [-0.2, 0) is 17.8 Å². The lowest BCUT2D eigenvalue weighted by Gasteiger charge is -2.29. The second kappa shape index (κ2) is 8.31. The summed E-state index contributed by atoms with van der Waals surface area (Å²) in [5.74, 6) is 0.817. The van der Waals surface area contributed by atoms with E-state index in [0.717, 1.165) is 36.5 Å². The van der Waals surface area contributed by atoms with Crippen molar-refractivity contribution >= 4 is 17.5 Å². The fraction of sp³-hybridized carbons (Fsp3) is 0.261. The zero-order valence-corrected chi connectivity index (χ0v) is 16.7. The molecule has 1 aliphatic heterocycles. The lowest BCUT2D eigenvalue weighted by molar-refractivity contribution is -0.118. The predicted molar refractivity (Wildman–Crippen MR) is 113 cm³/mol. The molecule has 1 aliphatic rings. The van der Waals surface area contributed by atoms with Gasteiger partial charge in [0.1, 0.15) is 0 Å². The second-order valence-electron chi connectivity index (χ2n) is 7.29. The maximum Gasteiger partial charge on any atom is 0.262 e. The molecule has 1 N–H and O–H groups in total. The molecule has 6 nitrogen and oxygen atoms in total. The van der Waals surface area contributed by atoms with Crippen LogP contribution in [0, 0.1) is 13.8 Å². The Hall–Kier alpha value is -3.41. The van der Waals surface area contributed by atoms with Crippen molar-refractivity contribution in [1.29, 1.82) is 0 Å². The van der Waals surface area contributed by atoms with Gasteiger partial charge < -0.3 is 15.0 Å². The van der Waals surface area contributed by atoms with Crippen molar-refractivity contribution in [2.75, 3.05) is 23.4 Å². The van der Waals surface area contributed by atoms with Crippen LogP contribution in [0.3, 0.4) is 0 Å². The number of carbonyl (C=O) groups is 1. The number of carbonyl (C=O) groups excluding carboxylic acids is 1. The van der Waals surface area contributed by atoms with E-state index in [4.69, 9.17) is 4.74 Å². The van der Waals surface area contributed by atoms with Crippen LogP contribution in [0.25, 0.3) is 0 Å². The van der Waals surface area contributed by atoms with Gasteiger partial charge in [-0.05, 0) is 43.5 Å². The topological polar surface area (TPSA) is 67.3 Å². The third-order valence-electron chi connectivity index (χ3n) is 4.92. The summed E-state index contributed by atoms with van der Waals surface area (Å²) in [6.07, 6.45) is 0.961. The maximum absolute atomic E-state index is 12.2. The number of rotatable bonds is 5. The van der Waals surface area contributed by atoms with E-state index in [9.17, 15) is 4.79 Å². The summed E-state index contributed by atoms with van der Waals surface area (Å²) in [6.45, 7) is 5.43. The Morgan fingerprint density at radius 2 is 1.83 bits per heavy atom. The Bertz CT molecular complexity index is 1020. The molecule has 2 aromatic carbocycles. The number of aryl methyl sites for hydroxylation is 2. The Kier molecular flexibility index (Phi) is 5.42. The number of anilines is 2. The van der Waals surface area contributed by atoms with Crippen molar-refractivity contribution in [3.63, 3.8) is 0 Å². The molecule has 148 valence electrons. The average molecular weight is 388 g/mol. The average Bonchev–Trinajstić information content (AvgIpc) is 2.73. The summed E-state index contributed by atoms with van der Waals surface area (Å²) in [4.78, 5) is 23.4. The molecule has 0 atom stereocenters. The Morgan fingerprint density at radius 1 is 1.07 bits per heavy atom. The lowest BCUT2D eigenvalue weighted by Crippen LogP contribution is -2.32. The summed E-state index contributed by atoms with van der Waals surface area (Å²) < 4.78 is 5.66. The minimum atomic E-state index is -0.224. The van der Waals surface area contributed by atoms with E-state index in [1.807, 2.05) is 38.1 Å². The van der Waals surface area contributed by atoms with E-state index in [1.54, 1.807) is 6.07 Å². The molecule has 2 heterocycles. The lowest BCUT2D eigenvalue weighted by atomic mass is 10.0. The molecular weight excluding hydrogens is 364 g/mol. The first-order valence-corrected chi connectivity index (χ1v) is 9.73. The highest BCUT2D eigenvalue weighted by Gasteiger charge is 2.19. The minimum Gasteiger partial charge on any atom is -0.467 e. The number of nitrogens with one attached hydrogen (secondary N) is 1. The van der Waals surface area contributed by atoms with Crippen LogP contribution >= 0.6 is 0 Å². The van der Waals surface area contributed by atoms with Crippen molar-refractivity contribution in [3.05, 3.63) is 77.0 Å². The largest absolute Gasteiger partial charge is 0.467 e. The van der Waals surface area contributed by atoms with Crippen LogP contribution in [0.2, 0.25) is 0 Å². The van der Waals surface area contributed by atoms with Gasteiger partial charge in [0.2, 0.25) is 11.8 Å². The van der Waals surface area contributed by atoms with E-state index >= 15 is 0 Å². The molecule has 0 unspecified atom stereocenters. The molecule has 29 heavy (non-hydrogen) atoms. The smallest absolute Gasteiger partial charge is 0.262 e. The van der Waals surface area contributed by atoms with Gasteiger partial charge >= 0.3 is 0 Å². The van der Waals surface area contributed by atoms with Gasteiger partial charge in [-0.3, -0.25) is 4.79 Å². The number of amides is 1. The molecule has 0 spiro atoms. The van der Waals surface area contributed by atoms with E-state index in [1.165, 1.54) is 11.1 Å². The summed E-state index contributed by atoms with van der Waals surface area (Å²) in [7, 11) is 0. The fourth-order valence-corrected chi connectivity index (χ4v) is 3.38. The Labute approximate surface area is 170 Å². The van der Waals surface area contributed by atoms with Crippen molar-refractivity contribution in [1.82, 2.24) is 9.97 Å². The van der Waals surface area contributed by atoms with Crippen LogP contribution in [-0.4, -0.2) is 29.0 Å². The summed E-state index contributed by atoms with van der Waals surface area (Å²) >= 11 is 0. The molecule has 0 fully saturated rings. The standard InChI is InChI=1S/C23H24N4O2/c1-16-7-9-20(10-8-16)25-21(28)15-29-22-13-17(2)24-23(26-22)27-12-11-18-5-3-4-6-19(18)14-27/h3-10,13H,11-12,14-15H2,1-2H3,(H,25,28). The van der Waals surface area contributed by atoms with Gasteiger partial charge in [-0.15, -0.1) is 0 Å². The molecule has 0 saturated carbocycles. The number of ether oxygens (including phenoxy) is 1. The first-order chi connectivity index (χ1) is 14.1. The van der Waals surface area contributed by atoms with Gasteiger partial charge in [-0.25, -0.2) is 4.98 Å². The molecule has 1 aromatic heterocycles. The number of nitrogens with zero attached hydrogens (tertiary/aromatic N) is 3. The van der Waals surface area contributed by atoms with E-state index in [0.29, 0.717) is 11.8 Å². The zero-order valence-electron chi connectivity index (χ0n) is 16.7. The molecule has 6 heteroatoms. The Morgan fingerprint density at radius 3 is 2.62 bits per heavy atom. The SMILES string of the molecule is Cc1ccc(NC(=O)COc2cc(C)nc(N3CCc4ccccc4C3)n2)cc1. The highest BCUT2D eigenvalue weighted by Crippen LogP contribution is 2.23. The molecular formula is C23H24N4O2. The third-order valence-corrected chi connectivity index (χ3v) is 4.92. The predicted octanol–water partition coefficient (Wildman–Crippen LogP) is 3.67. The number of benzene rings is 2. The summed E-state index contributed by atoms with van der Waals surface area (Å²) in [5, 5.41) is 2.83. The van der Waals surface area contributed by atoms with Crippen molar-refractivity contribution < 1.29 is 9.53 Å². The van der Waals surface area contributed by atoms with Gasteiger partial charge in [0.25, 0.3) is 5.91 Å². The van der Waals surface area contributed by atoms with E-state index in [2.05, 4.69) is 44.5 Å². The zero-order chi connectivity index (χ0) is 20.2. The third kappa shape index (κ3) is 4.71. The molecule has 4 rings (SSSR count). The Balaban J connectivity index is 1.41. The van der Waals surface area contributed by atoms with Crippen LogP contribution < -0.4 is 15.0 Å². The van der Waals surface area contributed by atoms with Crippen LogP contribution in [0.4, 0.5) is 11.6 Å². The molecule has 3 aromatic rings. The first-order valence-electron chi connectivity index (χ1n) is 9.73. The molecule has 1 amide bonds. The summed E-state index contributed by atoms with van der Waals surface area (Å²) in [5.41, 5.74) is 5.37. The molecule has 0 aliphatic carbocycles. The monoisotopic (exact) mass is 388 g/mol. The number of aromatic nitrogens is 2. The van der Waals surface area contributed by atoms with E-state index in [-0.39, 0.29) is 12.5 Å². The van der Waals surface area contributed by atoms with Gasteiger partial charge in [0.15, 0.2) is 6.61 Å². The second-order valence-corrected chi connectivity index (χ2v) is 7.29. The highest BCUT2D eigenvalue weighted by atomic mass is 16.5. The van der Waals surface area contributed by atoms with Crippen LogP contribution in [0.1, 0.15) is 22.4 Å². The number of hydrogen-bond donors (Lipinski definition) is 1. The highest BCUT2D eigenvalue weighted by molar-refractivity contribution is 5.91. The van der Waals surface area contributed by atoms with E-state index < -0.39 is 0 Å². The fourth-order valence-electron chi connectivity index (χ4n) is 3.38. The van der Waals surface area contributed by atoms with Gasteiger partial charge in [0, 0.05) is 30.5 Å². The van der Waals surface area contributed by atoms with Gasteiger partial charge in [-0.2, -0.15) is 4.98 Å². The van der Waals surface area contributed by atoms with Crippen LogP contribution in [0.15, 0.2) is 54.6 Å². The molecule has 0 radical (unpaired) electrons. The normalized spacial score (nSPS) is 13.0. The van der Waals surface area contributed by atoms with Gasteiger partial charge in [-0.1, -0.05) is 42.0 Å². The first kappa shape index (κ1) is 18.9. The molecule has 0 bridgehead atoms.